The van der Waals surface area contributed by atoms with Gasteiger partial charge in [-0.2, -0.15) is 0 Å². The summed E-state index contributed by atoms with van der Waals surface area (Å²) in [5, 5.41) is 0.422. The molecule has 0 aliphatic rings. The van der Waals surface area contributed by atoms with Crippen LogP contribution in [-0.2, 0) is 0 Å². The lowest BCUT2D eigenvalue weighted by molar-refractivity contribution is 0.622. The Morgan fingerprint density at radius 2 is 2.17 bits per heavy atom. The van der Waals surface area contributed by atoms with E-state index < -0.39 is 0 Å². The van der Waals surface area contributed by atoms with Crippen LogP contribution < -0.4 is 5.73 Å². The summed E-state index contributed by atoms with van der Waals surface area (Å²) >= 11 is 5.67. The number of hydrogen-bond acceptors (Lipinski definition) is 1. The average molecular weight is 188 g/mol. The lowest BCUT2D eigenvalue weighted by Crippen LogP contribution is -2.08. The largest absolute Gasteiger partial charge is 0.330 e. The molecule has 0 amide bonds. The molecular weight excluding hydrogens is 177 g/mol. The van der Waals surface area contributed by atoms with Gasteiger partial charge in [0.15, 0.2) is 0 Å². The van der Waals surface area contributed by atoms with Crippen LogP contribution in [0.15, 0.2) is 18.2 Å². The van der Waals surface area contributed by atoms with Crippen molar-refractivity contribution < 1.29 is 4.39 Å². The molecule has 0 fully saturated rings. The van der Waals surface area contributed by atoms with Crippen molar-refractivity contribution in [2.45, 2.75) is 12.8 Å². The van der Waals surface area contributed by atoms with Gasteiger partial charge in [-0.15, -0.1) is 0 Å². The van der Waals surface area contributed by atoms with E-state index in [0.29, 0.717) is 11.6 Å². The van der Waals surface area contributed by atoms with Crippen molar-refractivity contribution >= 4 is 11.6 Å². The van der Waals surface area contributed by atoms with Crippen LogP contribution in [0, 0.1) is 5.82 Å². The standard InChI is InChI=1S/C9H11ClFN/c1-6(5-12)7-2-8(10)4-9(11)3-7/h2-4,6H,5,12H2,1H3. The lowest BCUT2D eigenvalue weighted by Gasteiger charge is -2.08. The van der Waals surface area contributed by atoms with E-state index in [9.17, 15) is 4.39 Å². The number of hydrogen-bond donors (Lipinski definition) is 1. The molecule has 0 spiro atoms. The Hall–Kier alpha value is -0.600. The number of halogens is 2. The fraction of sp³-hybridized carbons (Fsp3) is 0.333. The highest BCUT2D eigenvalue weighted by Gasteiger charge is 2.05. The average Bonchev–Trinajstić information content (AvgIpc) is 2.01. The smallest absolute Gasteiger partial charge is 0.124 e. The van der Waals surface area contributed by atoms with E-state index in [4.69, 9.17) is 17.3 Å². The van der Waals surface area contributed by atoms with Crippen LogP contribution in [0.25, 0.3) is 0 Å². The Morgan fingerprint density at radius 3 is 2.67 bits per heavy atom. The van der Waals surface area contributed by atoms with Crippen molar-refractivity contribution in [3.63, 3.8) is 0 Å². The third-order valence-electron chi connectivity index (χ3n) is 1.81. The summed E-state index contributed by atoms with van der Waals surface area (Å²) in [6.07, 6.45) is 0. The Balaban J connectivity index is 3.00. The molecule has 1 rings (SSSR count). The van der Waals surface area contributed by atoms with E-state index in [2.05, 4.69) is 0 Å². The second-order valence-corrected chi connectivity index (χ2v) is 3.28. The molecule has 0 aromatic heterocycles. The fourth-order valence-corrected chi connectivity index (χ4v) is 1.23. The van der Waals surface area contributed by atoms with Gasteiger partial charge in [0.1, 0.15) is 5.82 Å². The zero-order chi connectivity index (χ0) is 9.14. The van der Waals surface area contributed by atoms with Gasteiger partial charge in [-0.05, 0) is 36.2 Å². The molecule has 1 unspecified atom stereocenters. The zero-order valence-corrected chi connectivity index (χ0v) is 7.61. The molecule has 12 heavy (non-hydrogen) atoms. The minimum Gasteiger partial charge on any atom is -0.330 e. The van der Waals surface area contributed by atoms with Gasteiger partial charge in [-0.1, -0.05) is 18.5 Å². The first-order chi connectivity index (χ1) is 5.63. The summed E-state index contributed by atoms with van der Waals surface area (Å²) in [7, 11) is 0. The predicted octanol–water partition coefficient (Wildman–Crippen LogP) is 2.54. The molecule has 0 aliphatic carbocycles. The summed E-state index contributed by atoms with van der Waals surface area (Å²) in [5.74, 6) is -0.156. The van der Waals surface area contributed by atoms with Crippen LogP contribution in [-0.4, -0.2) is 6.54 Å². The maximum absolute atomic E-state index is 12.8. The maximum Gasteiger partial charge on any atom is 0.124 e. The van der Waals surface area contributed by atoms with Crippen molar-refractivity contribution in [1.82, 2.24) is 0 Å². The molecule has 1 nitrogen and oxygen atoms in total. The Kier molecular flexibility index (Phi) is 3.06. The van der Waals surface area contributed by atoms with Crippen molar-refractivity contribution in [3.8, 4) is 0 Å². The molecule has 0 aliphatic heterocycles. The second-order valence-electron chi connectivity index (χ2n) is 2.84. The molecular formula is C9H11ClFN. The fourth-order valence-electron chi connectivity index (χ4n) is 0.996. The number of rotatable bonds is 2. The van der Waals surface area contributed by atoms with E-state index in [1.807, 2.05) is 6.92 Å². The number of nitrogens with two attached hydrogens (primary N) is 1. The minimum absolute atomic E-state index is 0.151. The van der Waals surface area contributed by atoms with Gasteiger partial charge in [0.2, 0.25) is 0 Å². The Labute approximate surface area is 76.3 Å². The minimum atomic E-state index is -0.308. The van der Waals surface area contributed by atoms with Crippen LogP contribution in [0.1, 0.15) is 18.4 Å². The van der Waals surface area contributed by atoms with Gasteiger partial charge < -0.3 is 5.73 Å². The molecule has 0 bridgehead atoms. The van der Waals surface area contributed by atoms with E-state index in [-0.39, 0.29) is 11.7 Å². The predicted molar refractivity (Wildman–Crippen MR) is 48.9 cm³/mol. The first-order valence-corrected chi connectivity index (χ1v) is 4.17. The molecule has 66 valence electrons. The maximum atomic E-state index is 12.8. The normalized spacial score (nSPS) is 13.0. The molecule has 1 aromatic rings. The molecule has 3 heteroatoms. The van der Waals surface area contributed by atoms with Crippen molar-refractivity contribution in [3.05, 3.63) is 34.6 Å². The van der Waals surface area contributed by atoms with E-state index in [1.54, 1.807) is 6.07 Å². The van der Waals surface area contributed by atoms with E-state index in [0.717, 1.165) is 5.56 Å². The molecule has 1 atom stereocenters. The third kappa shape index (κ3) is 2.19. The van der Waals surface area contributed by atoms with Crippen LogP contribution in [0.2, 0.25) is 5.02 Å². The quantitative estimate of drug-likeness (QED) is 0.757. The highest BCUT2D eigenvalue weighted by Crippen LogP contribution is 2.20. The van der Waals surface area contributed by atoms with Gasteiger partial charge in [0.05, 0.1) is 0 Å². The first kappa shape index (κ1) is 9.49. The molecule has 0 heterocycles. The van der Waals surface area contributed by atoms with Gasteiger partial charge >= 0.3 is 0 Å². The molecule has 0 saturated heterocycles. The van der Waals surface area contributed by atoms with Crippen LogP contribution in [0.3, 0.4) is 0 Å². The van der Waals surface area contributed by atoms with Crippen LogP contribution in [0.5, 0.6) is 0 Å². The molecule has 1 aromatic carbocycles. The SMILES string of the molecule is CC(CN)c1cc(F)cc(Cl)c1. The van der Waals surface area contributed by atoms with Gasteiger partial charge in [0.25, 0.3) is 0 Å². The van der Waals surface area contributed by atoms with Crippen LogP contribution >= 0.6 is 11.6 Å². The first-order valence-electron chi connectivity index (χ1n) is 3.79. The topological polar surface area (TPSA) is 26.0 Å². The highest BCUT2D eigenvalue weighted by molar-refractivity contribution is 6.30. The molecule has 0 saturated carbocycles. The number of benzene rings is 1. The molecule has 0 radical (unpaired) electrons. The zero-order valence-electron chi connectivity index (χ0n) is 6.85. The third-order valence-corrected chi connectivity index (χ3v) is 2.03. The van der Waals surface area contributed by atoms with Gasteiger partial charge in [0, 0.05) is 5.02 Å². The second kappa shape index (κ2) is 3.87. The summed E-state index contributed by atoms with van der Waals surface area (Å²) in [6, 6.07) is 4.49. The monoisotopic (exact) mass is 187 g/mol. The lowest BCUT2D eigenvalue weighted by atomic mass is 10.0. The van der Waals surface area contributed by atoms with Crippen LogP contribution in [0.4, 0.5) is 4.39 Å². The highest BCUT2D eigenvalue weighted by atomic mass is 35.5. The van der Waals surface area contributed by atoms with E-state index in [1.165, 1.54) is 12.1 Å². The van der Waals surface area contributed by atoms with Crippen molar-refractivity contribution in [2.24, 2.45) is 5.73 Å². The van der Waals surface area contributed by atoms with Crippen molar-refractivity contribution in [2.75, 3.05) is 6.54 Å². The van der Waals surface area contributed by atoms with Gasteiger partial charge in [-0.3, -0.25) is 0 Å². The van der Waals surface area contributed by atoms with E-state index >= 15 is 0 Å². The summed E-state index contributed by atoms with van der Waals surface area (Å²) in [6.45, 7) is 2.44. The van der Waals surface area contributed by atoms with Gasteiger partial charge in [-0.25, -0.2) is 4.39 Å². The Morgan fingerprint density at radius 1 is 1.50 bits per heavy atom. The summed E-state index contributed by atoms with van der Waals surface area (Å²) in [5.41, 5.74) is 6.29. The Bertz CT molecular complexity index is 255. The summed E-state index contributed by atoms with van der Waals surface area (Å²) in [4.78, 5) is 0. The summed E-state index contributed by atoms with van der Waals surface area (Å²) < 4.78 is 12.8. The molecule has 2 N–H and O–H groups in total. The van der Waals surface area contributed by atoms with Crippen molar-refractivity contribution in [1.29, 1.82) is 0 Å².